The maximum atomic E-state index is 6.21. The summed E-state index contributed by atoms with van der Waals surface area (Å²) < 4.78 is 0.763. The average Bonchev–Trinajstić information content (AvgIpc) is 2.87. The highest BCUT2D eigenvalue weighted by Crippen LogP contribution is 2.33. The lowest BCUT2D eigenvalue weighted by molar-refractivity contribution is 0.895. The minimum absolute atomic E-state index is 0.0627. The summed E-state index contributed by atoms with van der Waals surface area (Å²) >= 11 is 19.9. The van der Waals surface area contributed by atoms with Gasteiger partial charge < -0.3 is 10.6 Å². The molecule has 1 unspecified atom stereocenters. The number of thiophene rings is 1. The summed E-state index contributed by atoms with van der Waals surface area (Å²) in [5.41, 5.74) is 0. The molecule has 0 bridgehead atoms. The first-order valence-corrected chi connectivity index (χ1v) is 8.58. The molecule has 21 heavy (non-hydrogen) atoms. The zero-order valence-corrected chi connectivity index (χ0v) is 14.8. The Hall–Kier alpha value is -0.680. The first-order chi connectivity index (χ1) is 10.0. The van der Waals surface area contributed by atoms with Gasteiger partial charge in [0.05, 0.1) is 20.4 Å². The molecule has 2 N–H and O–H groups in total. The van der Waals surface area contributed by atoms with Crippen LogP contribution in [0.5, 0.6) is 0 Å². The van der Waals surface area contributed by atoms with Crippen molar-refractivity contribution >= 4 is 57.8 Å². The molecule has 0 radical (unpaired) electrons. The summed E-state index contributed by atoms with van der Waals surface area (Å²) in [5, 5.41) is 7.50. The Morgan fingerprint density at radius 2 is 1.90 bits per heavy atom. The summed E-state index contributed by atoms with van der Waals surface area (Å²) in [6.45, 7) is 4.93. The van der Waals surface area contributed by atoms with Gasteiger partial charge in [0.15, 0.2) is 0 Å². The van der Waals surface area contributed by atoms with Gasteiger partial charge in [-0.25, -0.2) is 4.98 Å². The fourth-order valence-electron chi connectivity index (χ4n) is 1.77. The first kappa shape index (κ1) is 16.7. The van der Waals surface area contributed by atoms with Crippen molar-refractivity contribution in [1.29, 1.82) is 0 Å². The highest BCUT2D eigenvalue weighted by Gasteiger charge is 2.13. The maximum absolute atomic E-state index is 6.21. The van der Waals surface area contributed by atoms with Crippen LogP contribution >= 0.6 is 46.1 Å². The van der Waals surface area contributed by atoms with Crippen LogP contribution in [0.1, 0.15) is 31.2 Å². The van der Waals surface area contributed by atoms with Crippen LogP contribution in [0.15, 0.2) is 18.2 Å². The van der Waals surface area contributed by atoms with Crippen molar-refractivity contribution in [1.82, 2.24) is 4.98 Å². The molecule has 114 valence electrons. The van der Waals surface area contributed by atoms with Crippen molar-refractivity contribution in [2.75, 3.05) is 17.2 Å². The van der Waals surface area contributed by atoms with Gasteiger partial charge in [-0.1, -0.05) is 41.7 Å². The van der Waals surface area contributed by atoms with Crippen LogP contribution in [0.2, 0.25) is 14.4 Å². The van der Waals surface area contributed by atoms with E-state index < -0.39 is 0 Å². The molecular weight excluding hydrogens is 349 g/mol. The highest BCUT2D eigenvalue weighted by molar-refractivity contribution is 7.16. The molecular formula is C14H16Cl3N3S. The number of pyridine rings is 1. The Kier molecular flexibility index (Phi) is 5.99. The number of aromatic nitrogens is 1. The number of hydrogen-bond acceptors (Lipinski definition) is 4. The molecule has 0 amide bonds. The second kappa shape index (κ2) is 7.54. The minimum atomic E-state index is 0.0627. The van der Waals surface area contributed by atoms with E-state index >= 15 is 0 Å². The first-order valence-electron chi connectivity index (χ1n) is 6.63. The minimum Gasteiger partial charge on any atom is -0.369 e. The summed E-state index contributed by atoms with van der Waals surface area (Å²) in [6, 6.07) is 5.63. The summed E-state index contributed by atoms with van der Waals surface area (Å²) in [4.78, 5) is 5.59. The van der Waals surface area contributed by atoms with Crippen LogP contribution in [0.3, 0.4) is 0 Å². The van der Waals surface area contributed by atoms with Crippen LogP contribution in [0.25, 0.3) is 0 Å². The molecule has 0 aromatic carbocycles. The molecule has 0 aliphatic heterocycles. The van der Waals surface area contributed by atoms with Gasteiger partial charge in [0.25, 0.3) is 0 Å². The van der Waals surface area contributed by atoms with Crippen molar-refractivity contribution < 1.29 is 0 Å². The van der Waals surface area contributed by atoms with Crippen LogP contribution in [0.4, 0.5) is 11.6 Å². The highest BCUT2D eigenvalue weighted by atomic mass is 35.5. The third-order valence-electron chi connectivity index (χ3n) is 2.85. The molecule has 2 heterocycles. The number of rotatable bonds is 6. The van der Waals surface area contributed by atoms with Crippen LogP contribution in [-0.4, -0.2) is 11.5 Å². The van der Waals surface area contributed by atoms with E-state index in [4.69, 9.17) is 34.8 Å². The van der Waals surface area contributed by atoms with Gasteiger partial charge in [0.2, 0.25) is 0 Å². The van der Waals surface area contributed by atoms with Gasteiger partial charge in [0.1, 0.15) is 11.6 Å². The van der Waals surface area contributed by atoms with Crippen LogP contribution < -0.4 is 10.6 Å². The Morgan fingerprint density at radius 3 is 2.52 bits per heavy atom. The molecule has 0 spiro atoms. The Bertz CT molecular complexity index is 616. The molecule has 0 fully saturated rings. The zero-order valence-electron chi connectivity index (χ0n) is 11.7. The number of nitrogens with zero attached hydrogens (tertiary/aromatic N) is 1. The lowest BCUT2D eigenvalue weighted by atomic mass is 10.2. The molecule has 2 aromatic heterocycles. The third-order valence-corrected chi connectivity index (χ3v) is 4.84. The standard InChI is InChI=1S/C14H16Cl3N3S/c1-3-6-18-13-9(15)7-10(16)14(20-13)19-8(2)11-4-5-12(17)21-11/h4-5,7-8H,3,6H2,1-2H3,(H2,18,19,20). The molecule has 0 aliphatic rings. The van der Waals surface area contributed by atoms with Gasteiger partial charge >= 0.3 is 0 Å². The van der Waals surface area contributed by atoms with E-state index in [1.807, 2.05) is 19.1 Å². The molecule has 3 nitrogen and oxygen atoms in total. The summed E-state index contributed by atoms with van der Waals surface area (Å²) in [5.74, 6) is 1.25. The van der Waals surface area contributed by atoms with Crippen molar-refractivity contribution in [3.05, 3.63) is 37.5 Å². The normalized spacial score (nSPS) is 12.2. The van der Waals surface area contributed by atoms with E-state index in [0.717, 1.165) is 22.2 Å². The molecule has 0 saturated heterocycles. The number of halogens is 3. The van der Waals surface area contributed by atoms with E-state index in [2.05, 4.69) is 22.5 Å². The largest absolute Gasteiger partial charge is 0.369 e. The van der Waals surface area contributed by atoms with Crippen molar-refractivity contribution in [3.63, 3.8) is 0 Å². The quantitative estimate of drug-likeness (QED) is 0.650. The number of hydrogen-bond donors (Lipinski definition) is 2. The topological polar surface area (TPSA) is 37.0 Å². The summed E-state index contributed by atoms with van der Waals surface area (Å²) in [6.07, 6.45) is 0.994. The molecule has 1 atom stereocenters. The Labute approximate surface area is 143 Å². The smallest absolute Gasteiger partial charge is 0.147 e. The lowest BCUT2D eigenvalue weighted by Crippen LogP contribution is -2.09. The zero-order chi connectivity index (χ0) is 15.4. The lowest BCUT2D eigenvalue weighted by Gasteiger charge is -2.16. The Morgan fingerprint density at radius 1 is 1.19 bits per heavy atom. The fraction of sp³-hybridized carbons (Fsp3) is 0.357. The number of nitrogens with one attached hydrogen (secondary N) is 2. The second-order valence-electron chi connectivity index (χ2n) is 4.58. The van der Waals surface area contributed by atoms with Gasteiger partial charge in [0, 0.05) is 11.4 Å². The van der Waals surface area contributed by atoms with E-state index in [-0.39, 0.29) is 6.04 Å². The molecule has 0 saturated carbocycles. The van der Waals surface area contributed by atoms with E-state index in [1.165, 1.54) is 11.3 Å². The van der Waals surface area contributed by atoms with Crippen molar-refractivity contribution in [2.45, 2.75) is 26.3 Å². The predicted octanol–water partition coefficient (Wildman–Crippen LogP) is 6.10. The van der Waals surface area contributed by atoms with Crippen LogP contribution in [-0.2, 0) is 0 Å². The third kappa shape index (κ3) is 4.39. The second-order valence-corrected chi connectivity index (χ2v) is 7.14. The van der Waals surface area contributed by atoms with Crippen molar-refractivity contribution in [2.24, 2.45) is 0 Å². The Balaban J connectivity index is 2.18. The van der Waals surface area contributed by atoms with E-state index in [9.17, 15) is 0 Å². The van der Waals surface area contributed by atoms with Gasteiger partial charge in [-0.05, 0) is 31.5 Å². The molecule has 0 aliphatic carbocycles. The van der Waals surface area contributed by atoms with Gasteiger partial charge in [-0.2, -0.15) is 0 Å². The number of anilines is 2. The van der Waals surface area contributed by atoms with Crippen LogP contribution in [0, 0.1) is 0 Å². The van der Waals surface area contributed by atoms with Gasteiger partial charge in [-0.15, -0.1) is 11.3 Å². The van der Waals surface area contributed by atoms with E-state index in [1.54, 1.807) is 6.07 Å². The predicted molar refractivity (Wildman–Crippen MR) is 94.4 cm³/mol. The molecule has 2 rings (SSSR count). The van der Waals surface area contributed by atoms with E-state index in [0.29, 0.717) is 21.7 Å². The average molecular weight is 365 g/mol. The SMILES string of the molecule is CCCNc1nc(NC(C)c2ccc(Cl)s2)c(Cl)cc1Cl. The molecule has 7 heteroatoms. The summed E-state index contributed by atoms with van der Waals surface area (Å²) in [7, 11) is 0. The fourth-order valence-corrected chi connectivity index (χ4v) is 3.32. The monoisotopic (exact) mass is 363 g/mol. The van der Waals surface area contributed by atoms with Gasteiger partial charge in [-0.3, -0.25) is 0 Å². The molecule has 2 aromatic rings. The van der Waals surface area contributed by atoms with Crippen molar-refractivity contribution in [3.8, 4) is 0 Å². The maximum Gasteiger partial charge on any atom is 0.147 e.